The fourth-order valence-electron chi connectivity index (χ4n) is 4.05. The molecule has 2 fully saturated rings. The van der Waals surface area contributed by atoms with Crippen molar-refractivity contribution in [2.24, 2.45) is 11.8 Å². The summed E-state index contributed by atoms with van der Waals surface area (Å²) in [5, 5.41) is 22.2. The summed E-state index contributed by atoms with van der Waals surface area (Å²) in [4.78, 5) is 37.6. The van der Waals surface area contributed by atoms with Gasteiger partial charge in [0.2, 0.25) is 5.91 Å². The molecule has 0 aliphatic carbocycles. The molecule has 9 nitrogen and oxygen atoms in total. The molecule has 1 unspecified atom stereocenters. The molecule has 0 spiro atoms. The zero-order valence-corrected chi connectivity index (χ0v) is 15.4. The Hall–Kier alpha value is -2.71. The predicted molar refractivity (Wildman–Crippen MR) is 99.7 cm³/mol. The number of non-ortho nitro benzene ring substituents is 1. The Morgan fingerprint density at radius 3 is 2.37 bits per heavy atom. The molecule has 2 heterocycles. The number of anilines is 1. The molecule has 9 heteroatoms. The topological polar surface area (TPSA) is 110 Å². The lowest BCUT2D eigenvalue weighted by Crippen LogP contribution is -2.46. The third kappa shape index (κ3) is 4.17. The Morgan fingerprint density at radius 1 is 1.07 bits per heavy atom. The van der Waals surface area contributed by atoms with Crippen LogP contribution in [0.5, 0.6) is 0 Å². The van der Waals surface area contributed by atoms with Crippen LogP contribution in [0.3, 0.4) is 0 Å². The Kier molecular flexibility index (Phi) is 5.57. The lowest BCUT2D eigenvalue weighted by Gasteiger charge is -2.37. The van der Waals surface area contributed by atoms with Gasteiger partial charge in [-0.05, 0) is 37.7 Å². The number of hydrogen-bond acceptors (Lipinski definition) is 6. The Bertz CT molecular complexity index is 745. The summed E-state index contributed by atoms with van der Waals surface area (Å²) in [5.41, 5.74) is -0.184. The molecule has 1 aromatic rings. The molecular formula is C18H24N4O5. The number of amides is 1. The van der Waals surface area contributed by atoms with Crippen molar-refractivity contribution in [1.29, 1.82) is 0 Å². The van der Waals surface area contributed by atoms with Gasteiger partial charge in [0, 0.05) is 38.2 Å². The van der Waals surface area contributed by atoms with E-state index < -0.39 is 9.85 Å². The number of rotatable bonds is 4. The van der Waals surface area contributed by atoms with Crippen molar-refractivity contribution < 1.29 is 14.6 Å². The van der Waals surface area contributed by atoms with E-state index in [2.05, 4.69) is 6.92 Å². The molecule has 0 radical (unpaired) electrons. The maximum atomic E-state index is 12.8. The highest BCUT2D eigenvalue weighted by Crippen LogP contribution is 2.35. The first-order chi connectivity index (χ1) is 12.9. The first-order valence-electron chi connectivity index (χ1n) is 9.33. The Labute approximate surface area is 157 Å². The number of hydrogen-bond donors (Lipinski definition) is 0. The fourth-order valence-corrected chi connectivity index (χ4v) is 4.05. The van der Waals surface area contributed by atoms with Gasteiger partial charge in [-0.3, -0.25) is 25.0 Å². The van der Waals surface area contributed by atoms with Crippen LogP contribution in [0.25, 0.3) is 0 Å². The smallest absolute Gasteiger partial charge is 0.299 e. The highest BCUT2D eigenvalue weighted by atomic mass is 16.6. The molecule has 146 valence electrons. The van der Waals surface area contributed by atoms with Gasteiger partial charge in [-0.15, -0.1) is 0 Å². The number of benzene rings is 1. The van der Waals surface area contributed by atoms with Crippen LogP contribution >= 0.6 is 0 Å². The highest BCUT2D eigenvalue weighted by molar-refractivity contribution is 5.79. The summed E-state index contributed by atoms with van der Waals surface area (Å²) < 4.78 is 0. The van der Waals surface area contributed by atoms with Gasteiger partial charge in [0.15, 0.2) is 0 Å². The summed E-state index contributed by atoms with van der Waals surface area (Å²) >= 11 is 0. The SMILES string of the molecule is CC1CCCN(C(=O)C2CCN(c3ccc([N+](=O)[O-])cc3[N+](=O)[O-])CC2)C1. The van der Waals surface area contributed by atoms with E-state index in [1.54, 1.807) is 0 Å². The number of carbonyl (C=O) groups excluding carboxylic acids is 1. The molecule has 0 aromatic heterocycles. The molecule has 1 aromatic carbocycles. The van der Waals surface area contributed by atoms with Crippen molar-refractivity contribution in [3.63, 3.8) is 0 Å². The molecule has 27 heavy (non-hydrogen) atoms. The van der Waals surface area contributed by atoms with Crippen LogP contribution in [0.2, 0.25) is 0 Å². The molecule has 2 aliphatic heterocycles. The molecule has 0 N–H and O–H groups in total. The molecule has 1 amide bonds. The zero-order valence-electron chi connectivity index (χ0n) is 15.4. The van der Waals surface area contributed by atoms with Crippen molar-refractivity contribution in [2.45, 2.75) is 32.6 Å². The number of carbonyl (C=O) groups is 1. The van der Waals surface area contributed by atoms with Gasteiger partial charge in [0.05, 0.1) is 15.9 Å². The fraction of sp³-hybridized carbons (Fsp3) is 0.611. The summed E-state index contributed by atoms with van der Waals surface area (Å²) in [6, 6.07) is 3.72. The predicted octanol–water partition coefficient (Wildman–Crippen LogP) is 2.98. The van der Waals surface area contributed by atoms with Gasteiger partial charge >= 0.3 is 0 Å². The Balaban J connectivity index is 1.68. The standard InChI is InChI=1S/C18H24N4O5/c1-13-3-2-8-20(12-13)18(23)14-6-9-19(10-7-14)16-5-4-15(21(24)25)11-17(16)22(26)27/h4-5,11,13-14H,2-3,6-10,12H2,1H3. The maximum Gasteiger partial charge on any atom is 0.299 e. The van der Waals surface area contributed by atoms with Crippen LogP contribution in [-0.4, -0.2) is 46.8 Å². The number of nitro groups is 2. The van der Waals surface area contributed by atoms with Crippen LogP contribution in [0, 0.1) is 32.1 Å². The first-order valence-corrected chi connectivity index (χ1v) is 9.33. The van der Waals surface area contributed by atoms with E-state index >= 15 is 0 Å². The van der Waals surface area contributed by atoms with Crippen LogP contribution in [0.15, 0.2) is 18.2 Å². The van der Waals surface area contributed by atoms with Crippen molar-refractivity contribution in [1.82, 2.24) is 4.90 Å². The molecule has 0 saturated carbocycles. The van der Waals surface area contributed by atoms with Gasteiger partial charge in [0.1, 0.15) is 5.69 Å². The van der Waals surface area contributed by atoms with Crippen LogP contribution in [-0.2, 0) is 4.79 Å². The lowest BCUT2D eigenvalue weighted by atomic mass is 9.92. The lowest BCUT2D eigenvalue weighted by molar-refractivity contribution is -0.393. The third-order valence-corrected chi connectivity index (χ3v) is 5.52. The average molecular weight is 376 g/mol. The first kappa shape index (κ1) is 19.1. The summed E-state index contributed by atoms with van der Waals surface area (Å²) in [5.74, 6) is 0.675. The zero-order chi connectivity index (χ0) is 19.6. The molecule has 0 bridgehead atoms. The number of nitrogens with zero attached hydrogens (tertiary/aromatic N) is 4. The minimum absolute atomic E-state index is 0.0522. The summed E-state index contributed by atoms with van der Waals surface area (Å²) in [6.07, 6.45) is 3.47. The van der Waals surface area contributed by atoms with Crippen LogP contribution < -0.4 is 4.90 Å². The minimum atomic E-state index is -0.638. The summed E-state index contributed by atoms with van der Waals surface area (Å²) in [6.45, 7) is 4.84. The van der Waals surface area contributed by atoms with E-state index in [0.29, 0.717) is 37.5 Å². The number of nitro benzene ring substituents is 2. The van der Waals surface area contributed by atoms with E-state index in [1.165, 1.54) is 12.1 Å². The van der Waals surface area contributed by atoms with Crippen molar-refractivity contribution >= 4 is 23.0 Å². The maximum absolute atomic E-state index is 12.8. The van der Waals surface area contributed by atoms with E-state index in [4.69, 9.17) is 0 Å². The summed E-state index contributed by atoms with van der Waals surface area (Å²) in [7, 11) is 0. The van der Waals surface area contributed by atoms with Gasteiger partial charge in [0.25, 0.3) is 11.4 Å². The molecule has 1 atom stereocenters. The van der Waals surface area contributed by atoms with Crippen molar-refractivity contribution in [2.75, 3.05) is 31.1 Å². The molecule has 2 aliphatic rings. The van der Waals surface area contributed by atoms with Crippen molar-refractivity contribution in [3.8, 4) is 0 Å². The second-order valence-electron chi connectivity index (χ2n) is 7.48. The highest BCUT2D eigenvalue weighted by Gasteiger charge is 2.32. The van der Waals surface area contributed by atoms with E-state index in [-0.39, 0.29) is 23.2 Å². The second kappa shape index (κ2) is 7.89. The largest absolute Gasteiger partial charge is 0.366 e. The quantitative estimate of drug-likeness (QED) is 0.590. The van der Waals surface area contributed by atoms with Gasteiger partial charge in [-0.2, -0.15) is 0 Å². The molecule has 2 saturated heterocycles. The average Bonchev–Trinajstić information content (AvgIpc) is 2.67. The minimum Gasteiger partial charge on any atom is -0.366 e. The molecule has 3 rings (SSSR count). The monoisotopic (exact) mass is 376 g/mol. The normalized spacial score (nSPS) is 21.1. The van der Waals surface area contributed by atoms with Gasteiger partial charge in [-0.25, -0.2) is 0 Å². The number of likely N-dealkylation sites (tertiary alicyclic amines) is 1. The van der Waals surface area contributed by atoms with E-state index in [9.17, 15) is 25.0 Å². The van der Waals surface area contributed by atoms with Gasteiger partial charge in [-0.1, -0.05) is 6.92 Å². The number of piperidine rings is 2. The van der Waals surface area contributed by atoms with Crippen molar-refractivity contribution in [3.05, 3.63) is 38.4 Å². The van der Waals surface area contributed by atoms with E-state index in [1.807, 2.05) is 9.80 Å². The molecular weight excluding hydrogens is 352 g/mol. The Morgan fingerprint density at radius 2 is 1.78 bits per heavy atom. The van der Waals surface area contributed by atoms with E-state index in [0.717, 1.165) is 32.0 Å². The van der Waals surface area contributed by atoms with Gasteiger partial charge < -0.3 is 9.80 Å². The van der Waals surface area contributed by atoms with Crippen LogP contribution in [0.4, 0.5) is 17.1 Å². The third-order valence-electron chi connectivity index (χ3n) is 5.52. The second-order valence-corrected chi connectivity index (χ2v) is 7.48. The van der Waals surface area contributed by atoms with Crippen LogP contribution in [0.1, 0.15) is 32.6 Å².